The fourth-order valence-electron chi connectivity index (χ4n) is 7.21. The van der Waals surface area contributed by atoms with Crippen molar-refractivity contribution in [2.75, 3.05) is 0 Å². The van der Waals surface area contributed by atoms with Crippen LogP contribution >= 0.6 is 0 Å². The summed E-state index contributed by atoms with van der Waals surface area (Å²) in [6, 6.07) is 9.81. The van der Waals surface area contributed by atoms with E-state index in [2.05, 4.69) is 78.8 Å². The maximum Gasteiger partial charge on any atom is 2.00 e. The monoisotopic (exact) mass is 713 g/mol. The van der Waals surface area contributed by atoms with E-state index in [0.717, 1.165) is 56.3 Å². The molecule has 1 heterocycles. The van der Waals surface area contributed by atoms with Gasteiger partial charge < -0.3 is 20.4 Å². The van der Waals surface area contributed by atoms with E-state index in [0.29, 0.717) is 0 Å². The molecular weight excluding hydrogens is 639 g/mol. The molecule has 49 heavy (non-hydrogen) atoms. The van der Waals surface area contributed by atoms with Crippen molar-refractivity contribution >= 4 is 11.4 Å². The molecule has 0 spiro atoms. The first-order chi connectivity index (χ1) is 22.5. The number of rotatable bonds is 23. The summed E-state index contributed by atoms with van der Waals surface area (Å²) in [7, 11) is 0. The third-order valence-electron chi connectivity index (χ3n) is 10.1. The summed E-state index contributed by atoms with van der Waals surface area (Å²) in [5, 5.41) is 0. The maximum absolute atomic E-state index is 12.2. The van der Waals surface area contributed by atoms with E-state index in [1.165, 1.54) is 129 Å². The molecule has 0 bridgehead atoms. The Balaban J connectivity index is 0.00000768. The van der Waals surface area contributed by atoms with E-state index in [1.807, 2.05) is 0 Å². The van der Waals surface area contributed by atoms with Crippen LogP contribution in [0.1, 0.15) is 189 Å². The van der Waals surface area contributed by atoms with Crippen molar-refractivity contribution in [3.63, 3.8) is 0 Å². The summed E-state index contributed by atoms with van der Waals surface area (Å²) >= 11 is 0. The standard InChI is InChI=1S/C44H68N2.2CH3.Ni/c1-8-15-22-34-29-39(30-35(23-16-9-2)41(34)27-20-13-6)43-33-38(26-19-12-5)44(46(43)45)40-31-36(24-17-10-3)42(28-21-14-7)37(32-40)25-18-11-4;;;/h29-33H,8-28H2,1-7H3;2*1H3;/q;2*-1;+2. The molecule has 0 N–H and O–H groups in total. The Morgan fingerprint density at radius 1 is 0.449 bits per heavy atom. The number of benzene rings is 2. The van der Waals surface area contributed by atoms with Gasteiger partial charge in [0, 0.05) is 22.8 Å². The molecule has 2 nitrogen and oxygen atoms in total. The Kier molecular flexibility index (Phi) is 24.8. The van der Waals surface area contributed by atoms with E-state index < -0.39 is 0 Å². The van der Waals surface area contributed by atoms with Gasteiger partial charge in [-0.05, 0) is 148 Å². The topological polar surface area (TPSA) is 25.3 Å². The zero-order valence-corrected chi connectivity index (χ0v) is 34.4. The van der Waals surface area contributed by atoms with Gasteiger partial charge in [-0.1, -0.05) is 93.4 Å². The van der Waals surface area contributed by atoms with Crippen LogP contribution in [0.15, 0.2) is 35.9 Å². The molecule has 0 fully saturated rings. The summed E-state index contributed by atoms with van der Waals surface area (Å²) in [6.45, 7) is 16.1. The molecule has 1 aliphatic heterocycles. The molecule has 0 aliphatic carbocycles. The second kappa shape index (κ2) is 25.9. The number of nitrogens with zero attached hydrogens (tertiary/aromatic N) is 2. The van der Waals surface area contributed by atoms with Crippen LogP contribution in [-0.2, 0) is 55.0 Å². The van der Waals surface area contributed by atoms with Crippen LogP contribution in [0.4, 0.5) is 0 Å². The number of allylic oxidation sites excluding steroid dienone is 2. The van der Waals surface area contributed by atoms with Gasteiger partial charge in [0.2, 0.25) is 11.4 Å². The Hall–Kier alpha value is -1.99. The molecular formula is C46H74N2Ni. The molecule has 0 radical (unpaired) electrons. The van der Waals surface area contributed by atoms with Crippen LogP contribution in [0.25, 0.3) is 16.9 Å². The number of aryl methyl sites for hydroxylation is 4. The molecule has 3 rings (SSSR count). The summed E-state index contributed by atoms with van der Waals surface area (Å²) < 4.78 is 1.59. The van der Waals surface area contributed by atoms with Crippen LogP contribution in [0.5, 0.6) is 0 Å². The number of unbranched alkanes of at least 4 members (excludes halogenated alkanes) is 7. The smallest absolute Gasteiger partial charge is 0.493 e. The average Bonchev–Trinajstić information content (AvgIpc) is 3.40. The zero-order valence-electron chi connectivity index (χ0n) is 33.4. The van der Waals surface area contributed by atoms with E-state index >= 15 is 0 Å². The van der Waals surface area contributed by atoms with Gasteiger partial charge in [-0.2, -0.15) is 0 Å². The van der Waals surface area contributed by atoms with Crippen LogP contribution in [0.3, 0.4) is 0 Å². The van der Waals surface area contributed by atoms with Crippen molar-refractivity contribution in [2.24, 2.45) is 0 Å². The molecule has 0 saturated carbocycles. The van der Waals surface area contributed by atoms with Gasteiger partial charge in [0.05, 0.1) is 0 Å². The normalized spacial score (nSPS) is 12.5. The maximum atomic E-state index is 12.2. The van der Waals surface area contributed by atoms with E-state index in [9.17, 15) is 5.53 Å². The van der Waals surface area contributed by atoms with Crippen molar-refractivity contribution in [1.82, 2.24) is 0 Å². The van der Waals surface area contributed by atoms with Crippen LogP contribution in [0.2, 0.25) is 0 Å². The SMILES string of the molecule is CCCCC1=C(c2cc(CCCC)c(CCCC)c(CCCC)c2)[N+](=[N-])C(c2cc(CCCC)c(CCCC)c(CCCC)c2)=C1.[CH3-].[CH3-].[Ni+2]. The van der Waals surface area contributed by atoms with Crippen LogP contribution < -0.4 is 0 Å². The third-order valence-corrected chi connectivity index (χ3v) is 10.1. The number of hydrogen-bond acceptors (Lipinski definition) is 0. The van der Waals surface area contributed by atoms with Crippen molar-refractivity contribution in [3.05, 3.63) is 101 Å². The molecule has 0 amide bonds. The van der Waals surface area contributed by atoms with Crippen molar-refractivity contribution in [2.45, 2.75) is 183 Å². The molecule has 0 saturated heterocycles. The molecule has 0 atom stereocenters. The van der Waals surface area contributed by atoms with Crippen LogP contribution in [-0.4, -0.2) is 4.70 Å². The molecule has 0 unspecified atom stereocenters. The minimum atomic E-state index is 0. The fraction of sp³-hybridized carbons (Fsp3) is 0.609. The van der Waals surface area contributed by atoms with E-state index in [4.69, 9.17) is 0 Å². The first-order valence-corrected chi connectivity index (χ1v) is 19.7. The van der Waals surface area contributed by atoms with Gasteiger partial charge in [-0.25, -0.2) is 4.70 Å². The Bertz CT molecular complexity index is 1260. The molecule has 278 valence electrons. The average molecular weight is 714 g/mol. The summed E-state index contributed by atoms with van der Waals surface area (Å²) in [6.07, 6.45) is 27.1. The quantitative estimate of drug-likeness (QED) is 0.0622. The first-order valence-electron chi connectivity index (χ1n) is 19.7. The predicted molar refractivity (Wildman–Crippen MR) is 215 cm³/mol. The fourth-order valence-corrected chi connectivity index (χ4v) is 7.21. The van der Waals surface area contributed by atoms with E-state index in [-0.39, 0.29) is 31.3 Å². The Morgan fingerprint density at radius 2 is 0.755 bits per heavy atom. The molecule has 3 heteroatoms. The van der Waals surface area contributed by atoms with Crippen LogP contribution in [0, 0.1) is 14.9 Å². The minimum Gasteiger partial charge on any atom is -0.493 e. The zero-order chi connectivity index (χ0) is 33.3. The Labute approximate surface area is 315 Å². The molecule has 2 aromatic carbocycles. The van der Waals surface area contributed by atoms with Gasteiger partial charge >= 0.3 is 16.5 Å². The van der Waals surface area contributed by atoms with Gasteiger partial charge in [-0.15, -0.1) is 0 Å². The van der Waals surface area contributed by atoms with Crippen molar-refractivity contribution < 1.29 is 21.2 Å². The molecule has 0 aromatic heterocycles. The van der Waals surface area contributed by atoms with E-state index in [1.54, 1.807) is 15.8 Å². The summed E-state index contributed by atoms with van der Waals surface area (Å²) in [4.78, 5) is 0. The molecule has 1 aliphatic rings. The predicted octanol–water partition coefficient (Wildman–Crippen LogP) is 14.6. The second-order valence-electron chi connectivity index (χ2n) is 14.0. The van der Waals surface area contributed by atoms with Gasteiger partial charge in [0.25, 0.3) is 0 Å². The Morgan fingerprint density at radius 3 is 1.10 bits per heavy atom. The second-order valence-corrected chi connectivity index (χ2v) is 14.0. The van der Waals surface area contributed by atoms with Gasteiger partial charge in [0.1, 0.15) is 0 Å². The first kappa shape index (κ1) is 47.0. The van der Waals surface area contributed by atoms with Crippen molar-refractivity contribution in [3.8, 4) is 0 Å². The third kappa shape index (κ3) is 13.3. The summed E-state index contributed by atoms with van der Waals surface area (Å²) in [5.41, 5.74) is 27.2. The minimum absolute atomic E-state index is 0. The van der Waals surface area contributed by atoms with Gasteiger partial charge in [-0.3, -0.25) is 0 Å². The van der Waals surface area contributed by atoms with Gasteiger partial charge in [0.15, 0.2) is 0 Å². The largest absolute Gasteiger partial charge is 2.00 e. The summed E-state index contributed by atoms with van der Waals surface area (Å²) in [5.74, 6) is 0. The number of hydrogen-bond donors (Lipinski definition) is 0. The van der Waals surface area contributed by atoms with Crippen molar-refractivity contribution in [1.29, 1.82) is 0 Å². The molecule has 2 aromatic rings.